The molecule has 40 heavy (non-hydrogen) atoms. The average Bonchev–Trinajstić information content (AvgIpc) is 3.43. The van der Waals surface area contributed by atoms with Crippen molar-refractivity contribution in [3.8, 4) is 11.5 Å². The van der Waals surface area contributed by atoms with Crippen LogP contribution in [-0.4, -0.2) is 32.9 Å². The molecule has 0 unspecified atom stereocenters. The van der Waals surface area contributed by atoms with Crippen LogP contribution in [0, 0.1) is 0 Å². The van der Waals surface area contributed by atoms with Gasteiger partial charge in [-0.2, -0.15) is 0 Å². The maximum Gasteiger partial charge on any atom is 0.319 e. The molecular weight excluding hydrogens is 534 g/mol. The third kappa shape index (κ3) is 6.59. The minimum Gasteiger partial charge on any atom is -0.505 e. The summed E-state index contributed by atoms with van der Waals surface area (Å²) in [5.74, 6) is -0.806. The molecule has 0 spiro atoms. The van der Waals surface area contributed by atoms with Crippen LogP contribution in [0.5, 0.6) is 11.5 Å². The number of nitrogens with one attached hydrogen (secondary N) is 2. The lowest BCUT2D eigenvalue weighted by Crippen LogP contribution is -2.37. The molecule has 2 amide bonds. The number of carbonyl (C=O) groups excluding carboxylic acids is 1. The molecule has 0 aliphatic heterocycles. The van der Waals surface area contributed by atoms with Crippen molar-refractivity contribution in [1.29, 1.82) is 0 Å². The van der Waals surface area contributed by atoms with Crippen LogP contribution in [0.1, 0.15) is 68.0 Å². The van der Waals surface area contributed by atoms with Crippen molar-refractivity contribution in [1.82, 2.24) is 9.88 Å². The summed E-state index contributed by atoms with van der Waals surface area (Å²) in [4.78, 5) is 38.3. The van der Waals surface area contributed by atoms with Crippen molar-refractivity contribution < 1.29 is 24.5 Å². The SMILES string of the molecule is CCC(CC)Oc1cccc([C@H](CC(=O)O)NC(=O)Nc2c(O)c3c(n(Cc4ccccc4Cl)c2=O)CCC3)c1. The van der Waals surface area contributed by atoms with Crippen LogP contribution in [0.25, 0.3) is 0 Å². The number of benzene rings is 2. The molecule has 0 saturated heterocycles. The molecule has 9 nitrogen and oxygen atoms in total. The van der Waals surface area contributed by atoms with Gasteiger partial charge in [-0.25, -0.2) is 4.79 Å². The number of carboxylic acids is 1. The molecule has 1 heterocycles. The number of pyridine rings is 1. The molecule has 2 aromatic carbocycles. The average molecular weight is 568 g/mol. The lowest BCUT2D eigenvalue weighted by atomic mass is 10.0. The summed E-state index contributed by atoms with van der Waals surface area (Å²) in [6.07, 6.45) is 3.19. The zero-order valence-electron chi connectivity index (χ0n) is 22.6. The first-order valence-corrected chi connectivity index (χ1v) is 13.9. The van der Waals surface area contributed by atoms with E-state index in [0.29, 0.717) is 40.4 Å². The number of hydrogen-bond acceptors (Lipinski definition) is 5. The summed E-state index contributed by atoms with van der Waals surface area (Å²) in [6.45, 7) is 4.23. The van der Waals surface area contributed by atoms with Crippen LogP contribution in [0.15, 0.2) is 53.3 Å². The Morgan fingerprint density at radius 2 is 1.85 bits per heavy atom. The molecular formula is C30H34ClN3O6. The van der Waals surface area contributed by atoms with Gasteiger partial charge in [0.1, 0.15) is 11.5 Å². The number of hydrogen-bond donors (Lipinski definition) is 4. The Morgan fingerprint density at radius 3 is 2.55 bits per heavy atom. The van der Waals surface area contributed by atoms with Crippen molar-refractivity contribution in [2.45, 2.75) is 71.1 Å². The van der Waals surface area contributed by atoms with E-state index >= 15 is 0 Å². The van der Waals surface area contributed by atoms with E-state index in [4.69, 9.17) is 16.3 Å². The first kappa shape index (κ1) is 29.0. The van der Waals surface area contributed by atoms with E-state index in [1.165, 1.54) is 4.57 Å². The van der Waals surface area contributed by atoms with Gasteiger partial charge in [-0.3, -0.25) is 9.59 Å². The maximum atomic E-state index is 13.5. The van der Waals surface area contributed by atoms with Crippen LogP contribution < -0.4 is 20.9 Å². The fourth-order valence-electron chi connectivity index (χ4n) is 5.05. The monoisotopic (exact) mass is 567 g/mol. The van der Waals surface area contributed by atoms with E-state index in [-0.39, 0.29) is 24.1 Å². The molecule has 10 heteroatoms. The Kier molecular flexibility index (Phi) is 9.37. The van der Waals surface area contributed by atoms with Crippen LogP contribution >= 0.6 is 11.6 Å². The van der Waals surface area contributed by atoms with Crippen molar-refractivity contribution in [3.05, 3.63) is 86.3 Å². The number of halogens is 1. The number of rotatable bonds is 11. The summed E-state index contributed by atoms with van der Waals surface area (Å²) in [6, 6.07) is 12.4. The summed E-state index contributed by atoms with van der Waals surface area (Å²) in [5, 5.41) is 26.1. The van der Waals surface area contributed by atoms with E-state index in [9.17, 15) is 24.6 Å². The number of aromatic hydroxyl groups is 1. The molecule has 1 aromatic heterocycles. The molecule has 1 aliphatic carbocycles. The Hall–Kier alpha value is -3.98. The second kappa shape index (κ2) is 12.9. The number of amides is 2. The molecule has 4 rings (SSSR count). The van der Waals surface area contributed by atoms with Crippen LogP contribution in [0.3, 0.4) is 0 Å². The fourth-order valence-corrected chi connectivity index (χ4v) is 5.25. The third-order valence-electron chi connectivity index (χ3n) is 7.18. The number of aliphatic carboxylic acids is 1. The number of ether oxygens (including phenoxy) is 1. The number of aromatic nitrogens is 1. The van der Waals surface area contributed by atoms with Crippen molar-refractivity contribution in [2.75, 3.05) is 5.32 Å². The van der Waals surface area contributed by atoms with Gasteiger partial charge in [-0.1, -0.05) is 55.8 Å². The normalized spacial score (nSPS) is 13.1. The molecule has 0 radical (unpaired) electrons. The number of urea groups is 1. The molecule has 3 aromatic rings. The van der Waals surface area contributed by atoms with Gasteiger partial charge in [0.15, 0.2) is 5.69 Å². The molecule has 4 N–H and O–H groups in total. The van der Waals surface area contributed by atoms with E-state index in [1.807, 2.05) is 26.0 Å². The molecule has 1 aliphatic rings. The van der Waals surface area contributed by atoms with Crippen molar-refractivity contribution in [3.63, 3.8) is 0 Å². The summed E-state index contributed by atoms with van der Waals surface area (Å²) < 4.78 is 7.53. The topological polar surface area (TPSA) is 130 Å². The van der Waals surface area contributed by atoms with Gasteiger partial charge >= 0.3 is 12.0 Å². The highest BCUT2D eigenvalue weighted by Gasteiger charge is 2.27. The van der Waals surface area contributed by atoms with Gasteiger partial charge in [-0.05, 0) is 61.4 Å². The number of fused-ring (bicyclic) bond motifs is 1. The molecule has 0 bridgehead atoms. The number of nitrogens with zero attached hydrogens (tertiary/aromatic N) is 1. The molecule has 1 atom stereocenters. The molecule has 0 fully saturated rings. The Labute approximate surface area is 237 Å². The fraction of sp³-hybridized carbons (Fsp3) is 0.367. The third-order valence-corrected chi connectivity index (χ3v) is 7.55. The maximum absolute atomic E-state index is 13.5. The molecule has 0 saturated carbocycles. The van der Waals surface area contributed by atoms with Crippen LogP contribution in [-0.2, 0) is 24.2 Å². The smallest absolute Gasteiger partial charge is 0.319 e. The van der Waals surface area contributed by atoms with Gasteiger partial charge in [0, 0.05) is 16.3 Å². The van der Waals surface area contributed by atoms with Crippen molar-refractivity contribution >= 4 is 29.3 Å². The van der Waals surface area contributed by atoms with Gasteiger partial charge in [0.25, 0.3) is 5.56 Å². The quantitative estimate of drug-likeness (QED) is 0.237. The second-order valence-electron chi connectivity index (χ2n) is 9.86. The number of anilines is 1. The number of carbonyl (C=O) groups is 2. The predicted molar refractivity (Wildman–Crippen MR) is 154 cm³/mol. The predicted octanol–water partition coefficient (Wildman–Crippen LogP) is 5.65. The summed E-state index contributed by atoms with van der Waals surface area (Å²) in [7, 11) is 0. The van der Waals surface area contributed by atoms with Gasteiger partial charge < -0.3 is 30.2 Å². The van der Waals surface area contributed by atoms with E-state index in [1.54, 1.807) is 36.4 Å². The first-order chi connectivity index (χ1) is 19.2. The zero-order chi connectivity index (χ0) is 28.8. The van der Waals surface area contributed by atoms with Crippen molar-refractivity contribution in [2.24, 2.45) is 0 Å². The first-order valence-electron chi connectivity index (χ1n) is 13.5. The highest BCUT2D eigenvalue weighted by atomic mass is 35.5. The lowest BCUT2D eigenvalue weighted by Gasteiger charge is -2.21. The summed E-state index contributed by atoms with van der Waals surface area (Å²) in [5.41, 5.74) is 1.77. The minimum atomic E-state index is -1.11. The van der Waals surface area contributed by atoms with E-state index < -0.39 is 30.0 Å². The van der Waals surface area contributed by atoms with Gasteiger partial charge in [0.05, 0.1) is 25.1 Å². The highest BCUT2D eigenvalue weighted by Crippen LogP contribution is 2.34. The summed E-state index contributed by atoms with van der Waals surface area (Å²) >= 11 is 6.34. The Balaban J connectivity index is 1.61. The second-order valence-corrected chi connectivity index (χ2v) is 10.3. The largest absolute Gasteiger partial charge is 0.505 e. The van der Waals surface area contributed by atoms with Gasteiger partial charge in [-0.15, -0.1) is 0 Å². The Bertz CT molecular complexity index is 1450. The zero-order valence-corrected chi connectivity index (χ0v) is 23.3. The minimum absolute atomic E-state index is 0.0140. The van der Waals surface area contributed by atoms with Gasteiger partial charge in [0.2, 0.25) is 0 Å². The molecule has 212 valence electrons. The van der Waals surface area contributed by atoms with Crippen LogP contribution in [0.2, 0.25) is 5.02 Å². The highest BCUT2D eigenvalue weighted by molar-refractivity contribution is 6.31. The van der Waals surface area contributed by atoms with Crippen LogP contribution in [0.4, 0.5) is 10.5 Å². The standard InChI is InChI=1S/C30H34ClN3O6/c1-3-20(4-2)40-21-11-7-10-18(15-21)24(16-26(35)36)32-30(39)33-27-28(37)22-12-8-14-25(22)34(29(27)38)17-19-9-5-6-13-23(19)31/h5-7,9-11,13,15,20,24,37H,3-4,8,12,14,16-17H2,1-2H3,(H,35,36)(H2,32,33,39)/t24-/m0/s1. The lowest BCUT2D eigenvalue weighted by molar-refractivity contribution is -0.137. The van der Waals surface area contributed by atoms with E-state index in [0.717, 1.165) is 24.8 Å². The Morgan fingerprint density at radius 1 is 1.10 bits per heavy atom. The number of carboxylic acid groups (broad SMARTS) is 1. The van der Waals surface area contributed by atoms with E-state index in [2.05, 4.69) is 10.6 Å².